The quantitative estimate of drug-likeness (QED) is 0.918. The maximum absolute atomic E-state index is 5.80. The summed E-state index contributed by atoms with van der Waals surface area (Å²) in [5, 5.41) is 3.26. The largest absolute Gasteiger partial charge is 0.466 e. The van der Waals surface area contributed by atoms with Gasteiger partial charge in [0, 0.05) is 13.1 Å². The van der Waals surface area contributed by atoms with Gasteiger partial charge in [0.05, 0.1) is 29.5 Å². The van der Waals surface area contributed by atoms with E-state index in [1.54, 1.807) is 6.26 Å². The van der Waals surface area contributed by atoms with E-state index in [-0.39, 0.29) is 12.1 Å². The fourth-order valence-electron chi connectivity index (χ4n) is 2.03. The second-order valence-corrected chi connectivity index (χ2v) is 4.92. The van der Waals surface area contributed by atoms with Gasteiger partial charge in [0.15, 0.2) is 0 Å². The van der Waals surface area contributed by atoms with Crippen molar-refractivity contribution in [1.82, 2.24) is 10.2 Å². The minimum absolute atomic E-state index is 0.0899. The predicted octanol–water partition coefficient (Wildman–Crippen LogP) is 1.63. The first-order valence-corrected chi connectivity index (χ1v) is 6.22. The van der Waals surface area contributed by atoms with Crippen molar-refractivity contribution < 1.29 is 9.15 Å². The lowest BCUT2D eigenvalue weighted by molar-refractivity contribution is -0.0415. The van der Waals surface area contributed by atoms with Crippen LogP contribution >= 0.6 is 15.9 Å². The molecule has 0 aromatic carbocycles. The van der Waals surface area contributed by atoms with Crippen LogP contribution in [-0.2, 0) is 4.74 Å². The maximum atomic E-state index is 5.80. The summed E-state index contributed by atoms with van der Waals surface area (Å²) < 4.78 is 12.3. The zero-order valence-electron chi connectivity index (χ0n) is 9.57. The molecule has 90 valence electrons. The molecule has 1 fully saturated rings. The zero-order valence-corrected chi connectivity index (χ0v) is 11.2. The lowest BCUT2D eigenvalue weighted by Gasteiger charge is -2.34. The molecule has 1 aromatic heterocycles. The van der Waals surface area contributed by atoms with E-state index in [9.17, 15) is 0 Å². The van der Waals surface area contributed by atoms with Gasteiger partial charge in [0.25, 0.3) is 0 Å². The molecule has 0 amide bonds. The molecule has 2 unspecified atom stereocenters. The molecule has 16 heavy (non-hydrogen) atoms. The molecule has 4 nitrogen and oxygen atoms in total. The summed E-state index contributed by atoms with van der Waals surface area (Å²) in [5.74, 6) is 0.905. The number of rotatable bonds is 3. The Labute approximate surface area is 104 Å². The highest BCUT2D eigenvalue weighted by atomic mass is 79.9. The molecule has 1 aliphatic heterocycles. The number of halogens is 1. The highest BCUT2D eigenvalue weighted by molar-refractivity contribution is 9.10. The van der Waals surface area contributed by atoms with Gasteiger partial charge < -0.3 is 19.4 Å². The molecule has 0 saturated carbocycles. The summed E-state index contributed by atoms with van der Waals surface area (Å²) in [6, 6.07) is 2.00. The van der Waals surface area contributed by atoms with Crippen molar-refractivity contribution in [2.75, 3.05) is 33.8 Å². The third-order valence-electron chi connectivity index (χ3n) is 2.91. The standard InChI is InChI=1S/C11H17BrN2O2/c1-13-10(11-8(12)3-5-16-11)9-7-14(2)4-6-15-9/h3,5,9-10,13H,4,6-7H2,1-2H3. The van der Waals surface area contributed by atoms with Crippen LogP contribution in [0.3, 0.4) is 0 Å². The fourth-order valence-corrected chi connectivity index (χ4v) is 2.47. The number of hydrogen-bond acceptors (Lipinski definition) is 4. The summed E-state index contributed by atoms with van der Waals surface area (Å²) in [4.78, 5) is 2.27. The van der Waals surface area contributed by atoms with Crippen molar-refractivity contribution in [2.45, 2.75) is 12.1 Å². The van der Waals surface area contributed by atoms with E-state index in [2.05, 4.69) is 33.2 Å². The van der Waals surface area contributed by atoms with Gasteiger partial charge in [-0.25, -0.2) is 0 Å². The highest BCUT2D eigenvalue weighted by Crippen LogP contribution is 2.28. The SMILES string of the molecule is CNC(c1occc1Br)C1CN(C)CCO1. The van der Waals surface area contributed by atoms with Gasteiger partial charge in [0.2, 0.25) is 0 Å². The summed E-state index contributed by atoms with van der Waals surface area (Å²) in [5.41, 5.74) is 0. The van der Waals surface area contributed by atoms with Gasteiger partial charge in [-0.3, -0.25) is 0 Å². The lowest BCUT2D eigenvalue weighted by atomic mass is 10.1. The van der Waals surface area contributed by atoms with Crippen LogP contribution in [0.4, 0.5) is 0 Å². The molecule has 1 aliphatic rings. The summed E-state index contributed by atoms with van der Waals surface area (Å²) in [6.07, 6.45) is 1.82. The Kier molecular flexibility index (Phi) is 4.02. The summed E-state index contributed by atoms with van der Waals surface area (Å²) >= 11 is 3.49. The highest BCUT2D eigenvalue weighted by Gasteiger charge is 2.30. The Bertz CT molecular complexity index is 342. The number of hydrogen-bond donors (Lipinski definition) is 1. The van der Waals surface area contributed by atoms with E-state index in [0.717, 1.165) is 29.9 Å². The number of nitrogens with zero attached hydrogens (tertiary/aromatic N) is 1. The van der Waals surface area contributed by atoms with Crippen molar-refractivity contribution in [3.05, 3.63) is 22.6 Å². The first kappa shape index (κ1) is 12.1. The third kappa shape index (κ3) is 2.48. The molecule has 2 atom stereocenters. The predicted molar refractivity (Wildman–Crippen MR) is 65.4 cm³/mol. The van der Waals surface area contributed by atoms with Crippen LogP contribution in [0.25, 0.3) is 0 Å². The average Bonchev–Trinajstić information content (AvgIpc) is 2.67. The first-order valence-electron chi connectivity index (χ1n) is 5.42. The minimum atomic E-state index is 0.0899. The van der Waals surface area contributed by atoms with Crippen LogP contribution in [0.5, 0.6) is 0 Å². The van der Waals surface area contributed by atoms with Gasteiger partial charge in [-0.2, -0.15) is 0 Å². The van der Waals surface area contributed by atoms with E-state index >= 15 is 0 Å². The molecular formula is C11H17BrN2O2. The van der Waals surface area contributed by atoms with Gasteiger partial charge in [-0.1, -0.05) is 0 Å². The number of nitrogens with one attached hydrogen (secondary N) is 1. The van der Waals surface area contributed by atoms with Crippen LogP contribution in [0.2, 0.25) is 0 Å². The summed E-state index contributed by atoms with van der Waals surface area (Å²) in [7, 11) is 4.04. The van der Waals surface area contributed by atoms with Crippen LogP contribution in [0.1, 0.15) is 11.8 Å². The summed E-state index contributed by atoms with van der Waals surface area (Å²) in [6.45, 7) is 2.68. The van der Waals surface area contributed by atoms with E-state index in [0.29, 0.717) is 0 Å². The Morgan fingerprint density at radius 2 is 2.44 bits per heavy atom. The number of likely N-dealkylation sites (N-methyl/N-ethyl adjacent to an activating group) is 2. The maximum Gasteiger partial charge on any atom is 0.137 e. The molecular weight excluding hydrogens is 272 g/mol. The van der Waals surface area contributed by atoms with Gasteiger partial charge in [0.1, 0.15) is 5.76 Å². The van der Waals surface area contributed by atoms with Crippen LogP contribution in [0.15, 0.2) is 21.2 Å². The van der Waals surface area contributed by atoms with Crippen LogP contribution in [-0.4, -0.2) is 44.8 Å². The molecule has 0 bridgehead atoms. The van der Waals surface area contributed by atoms with Crippen molar-refractivity contribution in [2.24, 2.45) is 0 Å². The molecule has 2 heterocycles. The molecule has 2 rings (SSSR count). The first-order chi connectivity index (χ1) is 7.72. The van der Waals surface area contributed by atoms with Crippen molar-refractivity contribution in [3.8, 4) is 0 Å². The molecule has 1 N–H and O–H groups in total. The molecule has 0 spiro atoms. The Morgan fingerprint density at radius 1 is 1.62 bits per heavy atom. The third-order valence-corrected chi connectivity index (χ3v) is 3.56. The van der Waals surface area contributed by atoms with E-state index in [1.165, 1.54) is 0 Å². The van der Waals surface area contributed by atoms with E-state index in [4.69, 9.17) is 9.15 Å². The number of ether oxygens (including phenoxy) is 1. The second-order valence-electron chi connectivity index (χ2n) is 4.07. The van der Waals surface area contributed by atoms with Crippen LogP contribution in [0, 0.1) is 0 Å². The lowest BCUT2D eigenvalue weighted by Crippen LogP contribution is -2.46. The van der Waals surface area contributed by atoms with Gasteiger partial charge >= 0.3 is 0 Å². The smallest absolute Gasteiger partial charge is 0.137 e. The normalized spacial score (nSPS) is 24.6. The minimum Gasteiger partial charge on any atom is -0.466 e. The Balaban J connectivity index is 2.13. The molecule has 1 saturated heterocycles. The molecule has 5 heteroatoms. The molecule has 0 aliphatic carbocycles. The van der Waals surface area contributed by atoms with Crippen molar-refractivity contribution in [3.63, 3.8) is 0 Å². The molecule has 1 aromatic rings. The zero-order chi connectivity index (χ0) is 11.5. The Morgan fingerprint density at radius 3 is 3.00 bits per heavy atom. The second kappa shape index (κ2) is 5.31. The monoisotopic (exact) mass is 288 g/mol. The Hall–Kier alpha value is -0.360. The van der Waals surface area contributed by atoms with Crippen molar-refractivity contribution in [1.29, 1.82) is 0 Å². The fraction of sp³-hybridized carbons (Fsp3) is 0.636. The molecule has 0 radical (unpaired) electrons. The van der Waals surface area contributed by atoms with Gasteiger partial charge in [-0.15, -0.1) is 0 Å². The number of morpholine rings is 1. The topological polar surface area (TPSA) is 37.6 Å². The average molecular weight is 289 g/mol. The van der Waals surface area contributed by atoms with E-state index in [1.807, 2.05) is 13.1 Å². The number of furan rings is 1. The van der Waals surface area contributed by atoms with Crippen molar-refractivity contribution >= 4 is 15.9 Å². The van der Waals surface area contributed by atoms with Gasteiger partial charge in [-0.05, 0) is 36.1 Å². The van der Waals surface area contributed by atoms with E-state index < -0.39 is 0 Å². The van der Waals surface area contributed by atoms with Crippen LogP contribution < -0.4 is 5.32 Å².